The van der Waals surface area contributed by atoms with Gasteiger partial charge in [-0.3, -0.25) is 0 Å². The van der Waals surface area contributed by atoms with Crippen LogP contribution in [0.15, 0.2) is 12.2 Å². The van der Waals surface area contributed by atoms with Crippen LogP contribution < -0.4 is 0 Å². The minimum absolute atomic E-state index is 0.323. The Morgan fingerprint density at radius 3 is 2.40 bits per heavy atom. The highest BCUT2D eigenvalue weighted by molar-refractivity contribution is 5.61. The van der Waals surface area contributed by atoms with E-state index in [1.807, 2.05) is 6.92 Å². The smallest absolute Gasteiger partial charge is 0.429 e. The summed E-state index contributed by atoms with van der Waals surface area (Å²) >= 11 is 0. The number of carbonyl (C=O) groups excluding carboxylic acids is 1. The molecule has 0 aliphatic rings. The van der Waals surface area contributed by atoms with Crippen LogP contribution >= 0.6 is 0 Å². The van der Waals surface area contributed by atoms with E-state index in [-0.39, 0.29) is 0 Å². The molecule has 0 rings (SSSR count). The molecule has 4 nitrogen and oxygen atoms in total. The van der Waals surface area contributed by atoms with Crippen molar-refractivity contribution < 1.29 is 19.0 Å². The van der Waals surface area contributed by atoms with E-state index < -0.39 is 17.9 Å². The average molecular weight is 216 g/mol. The third-order valence-electron chi connectivity index (χ3n) is 1.38. The Kier molecular flexibility index (Phi) is 6.01. The highest BCUT2D eigenvalue weighted by Crippen LogP contribution is 2.09. The lowest BCUT2D eigenvalue weighted by molar-refractivity contribution is -0.0309. The zero-order chi connectivity index (χ0) is 11.9. The summed E-state index contributed by atoms with van der Waals surface area (Å²) in [4.78, 5) is 11.3. The zero-order valence-corrected chi connectivity index (χ0v) is 10.1. The molecule has 0 aliphatic heterocycles. The monoisotopic (exact) mass is 216 g/mol. The Balaban J connectivity index is 4.11. The van der Waals surface area contributed by atoms with Crippen molar-refractivity contribution in [2.75, 3.05) is 13.7 Å². The van der Waals surface area contributed by atoms with Gasteiger partial charge in [0.2, 0.25) is 0 Å². The second kappa shape index (κ2) is 6.45. The Hall–Kier alpha value is -1.03. The Morgan fingerprint density at radius 1 is 1.40 bits per heavy atom. The van der Waals surface area contributed by atoms with E-state index >= 15 is 0 Å². The zero-order valence-electron chi connectivity index (χ0n) is 10.1. The molecule has 0 fully saturated rings. The number of carbonyl (C=O) groups is 1. The number of hydrogen-bond donors (Lipinski definition) is 0. The fourth-order valence-corrected chi connectivity index (χ4v) is 0.905. The SMILES string of the molecule is C/C=C\C(COC)OC(=O)OC(C)(C)C. The summed E-state index contributed by atoms with van der Waals surface area (Å²) < 4.78 is 14.9. The standard InChI is InChI=1S/C11H20O4/c1-6-7-9(8-13-5)14-10(12)15-11(2,3)4/h6-7,9H,8H2,1-5H3/b7-6-. The molecular formula is C11H20O4. The van der Waals surface area contributed by atoms with Gasteiger partial charge in [0, 0.05) is 7.11 Å². The van der Waals surface area contributed by atoms with Crippen molar-refractivity contribution >= 4 is 6.16 Å². The van der Waals surface area contributed by atoms with Crippen LogP contribution in [0.1, 0.15) is 27.7 Å². The van der Waals surface area contributed by atoms with Gasteiger partial charge in [0.25, 0.3) is 0 Å². The van der Waals surface area contributed by atoms with E-state index in [0.717, 1.165) is 0 Å². The molecule has 1 unspecified atom stereocenters. The van der Waals surface area contributed by atoms with Crippen molar-refractivity contribution in [3.05, 3.63) is 12.2 Å². The van der Waals surface area contributed by atoms with Crippen LogP contribution in [0.3, 0.4) is 0 Å². The van der Waals surface area contributed by atoms with E-state index in [0.29, 0.717) is 6.61 Å². The molecule has 15 heavy (non-hydrogen) atoms. The van der Waals surface area contributed by atoms with Crippen molar-refractivity contribution in [2.24, 2.45) is 0 Å². The van der Waals surface area contributed by atoms with Crippen LogP contribution in [-0.4, -0.2) is 31.6 Å². The molecule has 0 saturated carbocycles. The highest BCUT2D eigenvalue weighted by atomic mass is 16.7. The number of ether oxygens (including phenoxy) is 3. The van der Waals surface area contributed by atoms with Gasteiger partial charge in [-0.05, 0) is 33.8 Å². The molecule has 0 N–H and O–H groups in total. The van der Waals surface area contributed by atoms with Gasteiger partial charge < -0.3 is 14.2 Å². The first-order valence-electron chi connectivity index (χ1n) is 4.90. The fourth-order valence-electron chi connectivity index (χ4n) is 0.905. The first kappa shape index (κ1) is 14.0. The van der Waals surface area contributed by atoms with Crippen LogP contribution in [0, 0.1) is 0 Å². The third-order valence-corrected chi connectivity index (χ3v) is 1.38. The van der Waals surface area contributed by atoms with Crippen LogP contribution in [0.4, 0.5) is 4.79 Å². The maximum atomic E-state index is 11.3. The summed E-state index contributed by atoms with van der Waals surface area (Å²) in [5.41, 5.74) is -0.537. The fraction of sp³-hybridized carbons (Fsp3) is 0.727. The highest BCUT2D eigenvalue weighted by Gasteiger charge is 2.19. The molecule has 1 atom stereocenters. The maximum Gasteiger partial charge on any atom is 0.509 e. The lowest BCUT2D eigenvalue weighted by Crippen LogP contribution is -2.28. The van der Waals surface area contributed by atoms with Crippen LogP contribution in [0.5, 0.6) is 0 Å². The normalized spacial score (nSPS) is 13.9. The van der Waals surface area contributed by atoms with Crippen molar-refractivity contribution in [1.82, 2.24) is 0 Å². The number of hydrogen-bond acceptors (Lipinski definition) is 4. The summed E-state index contributed by atoms with van der Waals surface area (Å²) in [6.07, 6.45) is 2.47. The Morgan fingerprint density at radius 2 is 2.00 bits per heavy atom. The van der Waals surface area contributed by atoms with Crippen molar-refractivity contribution in [3.8, 4) is 0 Å². The van der Waals surface area contributed by atoms with E-state index in [4.69, 9.17) is 14.2 Å². The molecule has 0 bridgehead atoms. The van der Waals surface area contributed by atoms with Crippen LogP contribution in [0.25, 0.3) is 0 Å². The molecule has 0 amide bonds. The molecule has 0 aromatic carbocycles. The van der Waals surface area contributed by atoms with Gasteiger partial charge in [-0.1, -0.05) is 6.08 Å². The summed E-state index contributed by atoms with van der Waals surface area (Å²) in [6, 6.07) is 0. The molecule has 0 radical (unpaired) electrons. The molecule has 88 valence electrons. The first-order valence-corrected chi connectivity index (χ1v) is 4.90. The van der Waals surface area contributed by atoms with Gasteiger partial charge in [0.15, 0.2) is 0 Å². The van der Waals surface area contributed by atoms with E-state index in [9.17, 15) is 4.79 Å². The predicted molar refractivity (Wildman–Crippen MR) is 57.8 cm³/mol. The molecule has 0 aromatic heterocycles. The van der Waals surface area contributed by atoms with Gasteiger partial charge in [-0.15, -0.1) is 0 Å². The summed E-state index contributed by atoms with van der Waals surface area (Å²) in [6.45, 7) is 7.53. The maximum absolute atomic E-state index is 11.3. The van der Waals surface area contributed by atoms with E-state index in [2.05, 4.69) is 0 Å². The number of methoxy groups -OCH3 is 1. The van der Waals surface area contributed by atoms with E-state index in [1.54, 1.807) is 40.0 Å². The molecule has 0 aliphatic carbocycles. The minimum Gasteiger partial charge on any atom is -0.429 e. The van der Waals surface area contributed by atoms with Gasteiger partial charge in [-0.25, -0.2) is 4.79 Å². The lowest BCUT2D eigenvalue weighted by Gasteiger charge is -2.21. The number of rotatable bonds is 4. The average Bonchev–Trinajstić information content (AvgIpc) is 2.00. The second-order valence-electron chi connectivity index (χ2n) is 4.10. The quantitative estimate of drug-likeness (QED) is 0.535. The lowest BCUT2D eigenvalue weighted by atomic mass is 10.2. The molecule has 0 aromatic rings. The first-order chi connectivity index (χ1) is 6.89. The summed E-state index contributed by atoms with van der Waals surface area (Å²) in [7, 11) is 1.55. The van der Waals surface area contributed by atoms with Crippen LogP contribution in [-0.2, 0) is 14.2 Å². The molecular weight excluding hydrogens is 196 g/mol. The van der Waals surface area contributed by atoms with Crippen molar-refractivity contribution in [3.63, 3.8) is 0 Å². The summed E-state index contributed by atoms with van der Waals surface area (Å²) in [5.74, 6) is 0. The largest absolute Gasteiger partial charge is 0.509 e. The third kappa shape index (κ3) is 8.00. The number of allylic oxidation sites excluding steroid dienone is 1. The summed E-state index contributed by atoms with van der Waals surface area (Å²) in [5, 5.41) is 0. The predicted octanol–water partition coefficient (Wildman–Crippen LogP) is 2.53. The van der Waals surface area contributed by atoms with Crippen LogP contribution in [0.2, 0.25) is 0 Å². The molecule has 4 heteroatoms. The molecule has 0 heterocycles. The minimum atomic E-state index is -0.678. The molecule has 0 saturated heterocycles. The van der Waals surface area contributed by atoms with E-state index in [1.165, 1.54) is 0 Å². The topological polar surface area (TPSA) is 44.8 Å². The van der Waals surface area contributed by atoms with Crippen molar-refractivity contribution in [2.45, 2.75) is 39.4 Å². The van der Waals surface area contributed by atoms with Gasteiger partial charge in [0.05, 0.1) is 6.61 Å². The van der Waals surface area contributed by atoms with Crippen molar-refractivity contribution in [1.29, 1.82) is 0 Å². The molecule has 0 spiro atoms. The Labute approximate surface area is 91.2 Å². The van der Waals surface area contributed by atoms with Gasteiger partial charge in [-0.2, -0.15) is 0 Å². The van der Waals surface area contributed by atoms with Gasteiger partial charge in [0.1, 0.15) is 11.7 Å². The second-order valence-corrected chi connectivity index (χ2v) is 4.10. The Bertz CT molecular complexity index is 215. The van der Waals surface area contributed by atoms with Gasteiger partial charge >= 0.3 is 6.16 Å².